The molecule has 1 aromatic rings. The van der Waals surface area contributed by atoms with Crippen LogP contribution in [0.25, 0.3) is 0 Å². The number of carbonyl (C=O) groups excluding carboxylic acids is 3. The molecule has 6 heteroatoms. The topological polar surface area (TPSA) is 77.9 Å². The molecule has 2 aliphatic rings. The molecule has 2 aliphatic heterocycles. The van der Waals surface area contributed by atoms with Crippen molar-refractivity contribution in [2.75, 3.05) is 26.2 Å². The van der Waals surface area contributed by atoms with E-state index in [-0.39, 0.29) is 25.0 Å². The molecule has 0 aromatic heterocycles. The van der Waals surface area contributed by atoms with Gasteiger partial charge in [-0.05, 0) is 30.9 Å². The third-order valence-electron chi connectivity index (χ3n) is 4.30. The van der Waals surface area contributed by atoms with Gasteiger partial charge in [-0.1, -0.05) is 12.1 Å². The smallest absolute Gasteiger partial charge is 0.262 e. The van der Waals surface area contributed by atoms with Gasteiger partial charge in [-0.3, -0.25) is 19.3 Å². The molecule has 0 spiro atoms. The van der Waals surface area contributed by atoms with Gasteiger partial charge in [-0.25, -0.2) is 0 Å². The highest BCUT2D eigenvalue weighted by Gasteiger charge is 2.37. The van der Waals surface area contributed by atoms with E-state index in [0.717, 1.165) is 17.7 Å². The van der Waals surface area contributed by atoms with Crippen LogP contribution in [0.5, 0.6) is 0 Å². The van der Waals surface area contributed by atoms with Gasteiger partial charge in [0.25, 0.3) is 11.8 Å². The van der Waals surface area contributed by atoms with E-state index in [1.165, 1.54) is 0 Å². The number of hydrogen-bond donors (Lipinski definition) is 1. The first-order chi connectivity index (χ1) is 10.6. The number of benzene rings is 1. The Bertz CT molecular complexity index is 593. The molecule has 116 valence electrons. The summed E-state index contributed by atoms with van der Waals surface area (Å²) in [7, 11) is 0. The Kier molecular flexibility index (Phi) is 3.94. The van der Waals surface area contributed by atoms with Crippen LogP contribution in [0.2, 0.25) is 0 Å². The largest absolute Gasteiger partial charge is 0.396 e. The van der Waals surface area contributed by atoms with Gasteiger partial charge in [0.05, 0.1) is 11.1 Å². The van der Waals surface area contributed by atoms with Crippen LogP contribution >= 0.6 is 0 Å². The van der Waals surface area contributed by atoms with E-state index >= 15 is 0 Å². The fourth-order valence-electron chi connectivity index (χ4n) is 3.06. The molecule has 0 aliphatic carbocycles. The van der Waals surface area contributed by atoms with Crippen molar-refractivity contribution >= 4 is 17.7 Å². The lowest BCUT2D eigenvalue weighted by atomic mass is 9.99. The van der Waals surface area contributed by atoms with Crippen LogP contribution in [-0.2, 0) is 4.79 Å². The molecule has 6 nitrogen and oxygen atoms in total. The zero-order chi connectivity index (χ0) is 15.7. The Balaban J connectivity index is 1.70. The van der Waals surface area contributed by atoms with Gasteiger partial charge in [0, 0.05) is 19.7 Å². The van der Waals surface area contributed by atoms with Crippen LogP contribution in [0.15, 0.2) is 24.3 Å². The molecule has 3 rings (SSSR count). The third kappa shape index (κ3) is 2.50. The molecular weight excluding hydrogens is 284 g/mol. The SMILES string of the molecule is O=C(CN1C(=O)c2ccccc2C1=O)N1CCCC(CO)C1. The zero-order valence-corrected chi connectivity index (χ0v) is 12.2. The summed E-state index contributed by atoms with van der Waals surface area (Å²) in [5, 5.41) is 9.22. The van der Waals surface area contributed by atoms with Gasteiger partial charge in [0.1, 0.15) is 6.54 Å². The molecule has 0 saturated carbocycles. The van der Waals surface area contributed by atoms with E-state index in [1.807, 2.05) is 0 Å². The summed E-state index contributed by atoms with van der Waals surface area (Å²) < 4.78 is 0. The maximum atomic E-state index is 12.4. The van der Waals surface area contributed by atoms with Gasteiger partial charge in [0.15, 0.2) is 0 Å². The molecule has 3 amide bonds. The van der Waals surface area contributed by atoms with E-state index in [0.29, 0.717) is 24.2 Å². The van der Waals surface area contributed by atoms with Crippen molar-refractivity contribution in [2.24, 2.45) is 5.92 Å². The zero-order valence-electron chi connectivity index (χ0n) is 12.2. The first-order valence-corrected chi connectivity index (χ1v) is 7.45. The van der Waals surface area contributed by atoms with Crippen LogP contribution in [0, 0.1) is 5.92 Å². The first kappa shape index (κ1) is 14.7. The summed E-state index contributed by atoms with van der Waals surface area (Å²) in [4.78, 5) is 39.5. The molecule has 1 N–H and O–H groups in total. The highest BCUT2D eigenvalue weighted by molar-refractivity contribution is 6.22. The van der Waals surface area contributed by atoms with E-state index in [9.17, 15) is 19.5 Å². The van der Waals surface area contributed by atoms with Gasteiger partial charge in [0.2, 0.25) is 5.91 Å². The van der Waals surface area contributed by atoms with Crippen LogP contribution in [0.4, 0.5) is 0 Å². The highest BCUT2D eigenvalue weighted by atomic mass is 16.3. The van der Waals surface area contributed by atoms with E-state index in [4.69, 9.17) is 0 Å². The van der Waals surface area contributed by atoms with Gasteiger partial charge < -0.3 is 10.0 Å². The number of fused-ring (bicyclic) bond motifs is 1. The second-order valence-electron chi connectivity index (χ2n) is 5.77. The Morgan fingerprint density at radius 3 is 2.41 bits per heavy atom. The van der Waals surface area contributed by atoms with Crippen molar-refractivity contribution in [1.82, 2.24) is 9.80 Å². The Morgan fingerprint density at radius 2 is 1.82 bits per heavy atom. The molecule has 1 fully saturated rings. The van der Waals surface area contributed by atoms with Gasteiger partial charge in [-0.15, -0.1) is 0 Å². The standard InChI is InChI=1S/C16H18N2O4/c19-10-11-4-3-7-17(8-11)14(20)9-18-15(21)12-5-1-2-6-13(12)16(18)22/h1-2,5-6,11,19H,3-4,7-10H2. The summed E-state index contributed by atoms with van der Waals surface area (Å²) in [6.45, 7) is 0.915. The van der Waals surface area contributed by atoms with E-state index in [2.05, 4.69) is 0 Å². The van der Waals surface area contributed by atoms with Crippen LogP contribution in [0.1, 0.15) is 33.6 Å². The minimum absolute atomic E-state index is 0.0524. The second kappa shape index (κ2) is 5.88. The second-order valence-corrected chi connectivity index (χ2v) is 5.77. The average Bonchev–Trinajstić information content (AvgIpc) is 2.80. The fraction of sp³-hybridized carbons (Fsp3) is 0.438. The van der Waals surface area contributed by atoms with Crippen LogP contribution in [-0.4, -0.2) is 58.9 Å². The predicted octanol–water partition coefficient (Wildman–Crippen LogP) is 0.514. The lowest BCUT2D eigenvalue weighted by Crippen LogP contribution is -2.47. The molecule has 2 heterocycles. The molecule has 1 aromatic carbocycles. The summed E-state index contributed by atoms with van der Waals surface area (Å²) in [6.07, 6.45) is 1.73. The van der Waals surface area contributed by atoms with Crippen molar-refractivity contribution in [1.29, 1.82) is 0 Å². The van der Waals surface area contributed by atoms with Crippen molar-refractivity contribution in [2.45, 2.75) is 12.8 Å². The third-order valence-corrected chi connectivity index (χ3v) is 4.30. The summed E-state index contributed by atoms with van der Waals surface area (Å²) in [6, 6.07) is 6.60. The maximum Gasteiger partial charge on any atom is 0.262 e. The number of aliphatic hydroxyl groups excluding tert-OH is 1. The first-order valence-electron chi connectivity index (χ1n) is 7.45. The maximum absolute atomic E-state index is 12.4. The number of hydrogen-bond acceptors (Lipinski definition) is 4. The molecule has 0 bridgehead atoms. The monoisotopic (exact) mass is 302 g/mol. The predicted molar refractivity (Wildman–Crippen MR) is 78.2 cm³/mol. The molecule has 0 radical (unpaired) electrons. The lowest BCUT2D eigenvalue weighted by Gasteiger charge is -2.32. The normalized spacial score (nSPS) is 21.2. The quantitative estimate of drug-likeness (QED) is 0.825. The summed E-state index contributed by atoms with van der Waals surface area (Å²) in [5.74, 6) is -0.984. The minimum Gasteiger partial charge on any atom is -0.396 e. The Labute approximate surface area is 128 Å². The Hall–Kier alpha value is -2.21. The number of likely N-dealkylation sites (tertiary alicyclic amines) is 1. The van der Waals surface area contributed by atoms with Gasteiger partial charge >= 0.3 is 0 Å². The van der Waals surface area contributed by atoms with E-state index < -0.39 is 11.8 Å². The molecule has 1 saturated heterocycles. The molecule has 1 atom stereocenters. The van der Waals surface area contributed by atoms with Crippen LogP contribution < -0.4 is 0 Å². The fourth-order valence-corrected chi connectivity index (χ4v) is 3.06. The minimum atomic E-state index is -0.412. The molecular formula is C16H18N2O4. The number of rotatable bonds is 3. The summed E-state index contributed by atoms with van der Waals surface area (Å²) in [5.41, 5.74) is 0.708. The number of imide groups is 1. The van der Waals surface area contributed by atoms with Crippen molar-refractivity contribution in [3.05, 3.63) is 35.4 Å². The average molecular weight is 302 g/mol. The highest BCUT2D eigenvalue weighted by Crippen LogP contribution is 2.23. The van der Waals surface area contributed by atoms with Gasteiger partial charge in [-0.2, -0.15) is 0 Å². The van der Waals surface area contributed by atoms with Crippen LogP contribution in [0.3, 0.4) is 0 Å². The van der Waals surface area contributed by atoms with Crippen molar-refractivity contribution < 1.29 is 19.5 Å². The number of carbonyl (C=O) groups is 3. The van der Waals surface area contributed by atoms with Crippen molar-refractivity contribution in [3.8, 4) is 0 Å². The number of amides is 3. The lowest BCUT2D eigenvalue weighted by molar-refractivity contribution is -0.133. The Morgan fingerprint density at radius 1 is 1.18 bits per heavy atom. The number of piperidine rings is 1. The summed E-state index contributed by atoms with van der Waals surface area (Å²) >= 11 is 0. The van der Waals surface area contributed by atoms with Crippen molar-refractivity contribution in [3.63, 3.8) is 0 Å². The number of nitrogens with zero attached hydrogens (tertiary/aromatic N) is 2. The number of aliphatic hydroxyl groups is 1. The van der Waals surface area contributed by atoms with E-state index in [1.54, 1.807) is 29.2 Å². The molecule has 22 heavy (non-hydrogen) atoms. The molecule has 1 unspecified atom stereocenters.